The van der Waals surface area contributed by atoms with Gasteiger partial charge in [-0.25, -0.2) is 14.6 Å². The Morgan fingerprint density at radius 1 is 1.12 bits per heavy atom. The summed E-state index contributed by atoms with van der Waals surface area (Å²) in [5, 5.41) is 17.8. The van der Waals surface area contributed by atoms with Crippen LogP contribution in [0.25, 0.3) is 5.82 Å². The zero-order chi connectivity index (χ0) is 22.8. The molecule has 0 radical (unpaired) electrons. The highest BCUT2D eigenvalue weighted by molar-refractivity contribution is 6.02. The predicted molar refractivity (Wildman–Crippen MR) is 113 cm³/mol. The molecule has 162 valence electrons. The summed E-state index contributed by atoms with van der Waals surface area (Å²) in [6, 6.07) is 10.6. The number of benzene rings is 1. The van der Waals surface area contributed by atoms with Gasteiger partial charge in [0.05, 0.1) is 11.8 Å². The van der Waals surface area contributed by atoms with Crippen LogP contribution in [0.3, 0.4) is 0 Å². The minimum Gasteiger partial charge on any atom is -0.439 e. The lowest BCUT2D eigenvalue weighted by Crippen LogP contribution is -2.10. The Bertz CT molecular complexity index is 1310. The minimum absolute atomic E-state index is 0.162. The number of rotatable bonds is 6. The second-order valence-electron chi connectivity index (χ2n) is 6.90. The zero-order valence-electron chi connectivity index (χ0n) is 17.4. The van der Waals surface area contributed by atoms with Crippen LogP contribution in [0.15, 0.2) is 53.2 Å². The van der Waals surface area contributed by atoms with Gasteiger partial charge in [0.1, 0.15) is 17.0 Å². The van der Waals surface area contributed by atoms with Crippen LogP contribution in [0.1, 0.15) is 27.5 Å². The number of furan rings is 1. The van der Waals surface area contributed by atoms with Gasteiger partial charge in [0, 0.05) is 17.4 Å². The van der Waals surface area contributed by atoms with E-state index >= 15 is 0 Å². The first-order chi connectivity index (χ1) is 15.3. The molecule has 0 atom stereocenters. The van der Waals surface area contributed by atoms with Gasteiger partial charge < -0.3 is 14.5 Å². The molecule has 0 bridgehead atoms. The minimum atomic E-state index is -0.711. The summed E-state index contributed by atoms with van der Waals surface area (Å²) in [6.07, 6.45) is 1.40. The van der Waals surface area contributed by atoms with E-state index in [1.807, 2.05) is 20.8 Å². The first-order valence-corrected chi connectivity index (χ1v) is 9.50. The van der Waals surface area contributed by atoms with E-state index < -0.39 is 16.7 Å². The first-order valence-electron chi connectivity index (χ1n) is 9.50. The number of carbonyl (C=O) groups is 1. The molecule has 0 saturated heterocycles. The Morgan fingerprint density at radius 2 is 1.88 bits per heavy atom. The van der Waals surface area contributed by atoms with E-state index in [4.69, 9.17) is 9.15 Å². The number of anilines is 1. The van der Waals surface area contributed by atoms with Gasteiger partial charge in [0.15, 0.2) is 11.6 Å². The van der Waals surface area contributed by atoms with Crippen LogP contribution in [0.4, 0.5) is 11.6 Å². The molecule has 4 aromatic rings. The summed E-state index contributed by atoms with van der Waals surface area (Å²) in [4.78, 5) is 30.5. The maximum atomic E-state index is 12.2. The third-order valence-corrected chi connectivity index (χ3v) is 4.83. The van der Waals surface area contributed by atoms with Crippen LogP contribution < -0.4 is 10.1 Å². The van der Waals surface area contributed by atoms with Gasteiger partial charge in [0.25, 0.3) is 5.91 Å². The molecule has 0 saturated carbocycles. The maximum Gasteiger partial charge on any atom is 0.433 e. The molecule has 1 amide bonds. The molecular formula is C21H18N6O5. The van der Waals surface area contributed by atoms with Crippen LogP contribution in [-0.4, -0.2) is 30.6 Å². The summed E-state index contributed by atoms with van der Waals surface area (Å²) in [5.41, 5.74) is 3.45. The largest absolute Gasteiger partial charge is 0.439 e. The Morgan fingerprint density at radius 3 is 2.50 bits per heavy atom. The van der Waals surface area contributed by atoms with Crippen molar-refractivity contribution < 1.29 is 18.9 Å². The number of nitrogens with one attached hydrogen (secondary N) is 1. The zero-order valence-corrected chi connectivity index (χ0v) is 17.4. The SMILES string of the molecule is Cc1nn(-c2cc(Oc3ccc(NC(=O)c4ccc([N+](=O)[O-])o4)cc3)ncn2)c(C)c1C. The normalized spacial score (nSPS) is 10.7. The van der Waals surface area contributed by atoms with Crippen LogP contribution in [-0.2, 0) is 0 Å². The smallest absolute Gasteiger partial charge is 0.433 e. The summed E-state index contributed by atoms with van der Waals surface area (Å²) in [5.74, 6) is 0.141. The van der Waals surface area contributed by atoms with Gasteiger partial charge >= 0.3 is 5.88 Å². The maximum absolute atomic E-state index is 12.2. The van der Waals surface area contributed by atoms with Crippen LogP contribution in [0.2, 0.25) is 0 Å². The van der Waals surface area contributed by atoms with Crippen molar-refractivity contribution in [3.8, 4) is 17.4 Å². The third-order valence-electron chi connectivity index (χ3n) is 4.83. The van der Waals surface area contributed by atoms with Crippen LogP contribution in [0.5, 0.6) is 11.6 Å². The molecule has 11 nitrogen and oxygen atoms in total. The molecule has 0 aliphatic heterocycles. The summed E-state index contributed by atoms with van der Waals surface area (Å²) in [7, 11) is 0. The highest BCUT2D eigenvalue weighted by Gasteiger charge is 2.17. The molecule has 1 N–H and O–H groups in total. The highest BCUT2D eigenvalue weighted by Crippen LogP contribution is 2.24. The van der Waals surface area contributed by atoms with E-state index in [9.17, 15) is 14.9 Å². The predicted octanol–water partition coefficient (Wildman–Crippen LogP) is 4.13. The molecule has 4 rings (SSSR count). The number of aryl methyl sites for hydroxylation is 1. The standard InChI is InChI=1S/C21H18N6O5/c1-12-13(2)25-26(14(12)3)18-10-19(23-11-22-18)31-16-6-4-15(5-7-16)24-21(28)17-8-9-20(32-17)27(29)30/h4-11H,1-3H3,(H,24,28). The summed E-state index contributed by atoms with van der Waals surface area (Å²) < 4.78 is 12.4. The molecule has 11 heteroatoms. The summed E-state index contributed by atoms with van der Waals surface area (Å²) >= 11 is 0. The van der Waals surface area contributed by atoms with Gasteiger partial charge in [0.2, 0.25) is 5.88 Å². The van der Waals surface area contributed by atoms with Crippen molar-refractivity contribution in [2.75, 3.05) is 5.32 Å². The highest BCUT2D eigenvalue weighted by atomic mass is 16.6. The molecule has 0 aliphatic rings. The summed E-state index contributed by atoms with van der Waals surface area (Å²) in [6.45, 7) is 5.90. The quantitative estimate of drug-likeness (QED) is 0.353. The number of aromatic nitrogens is 4. The number of nitrogens with zero attached hydrogens (tertiary/aromatic N) is 5. The Balaban J connectivity index is 1.45. The molecule has 0 fully saturated rings. The fourth-order valence-corrected chi connectivity index (χ4v) is 2.91. The lowest BCUT2D eigenvalue weighted by atomic mass is 10.2. The van der Waals surface area contributed by atoms with Crippen molar-refractivity contribution in [3.63, 3.8) is 0 Å². The van der Waals surface area contributed by atoms with Gasteiger partial charge in [-0.3, -0.25) is 14.9 Å². The number of amides is 1. The number of hydrogen-bond acceptors (Lipinski definition) is 8. The van der Waals surface area contributed by atoms with E-state index in [1.165, 1.54) is 12.4 Å². The van der Waals surface area contributed by atoms with E-state index in [0.29, 0.717) is 23.1 Å². The van der Waals surface area contributed by atoms with Crippen molar-refractivity contribution in [2.24, 2.45) is 0 Å². The van der Waals surface area contributed by atoms with E-state index in [2.05, 4.69) is 20.4 Å². The fraction of sp³-hybridized carbons (Fsp3) is 0.143. The number of hydrogen-bond donors (Lipinski definition) is 1. The number of nitro groups is 1. The molecule has 0 spiro atoms. The van der Waals surface area contributed by atoms with Gasteiger partial charge in [-0.1, -0.05) is 0 Å². The number of ether oxygens (including phenoxy) is 1. The van der Waals surface area contributed by atoms with Crippen molar-refractivity contribution >= 4 is 17.5 Å². The van der Waals surface area contributed by atoms with Crippen molar-refractivity contribution in [1.29, 1.82) is 0 Å². The Labute approximate surface area is 181 Å². The number of carbonyl (C=O) groups excluding carboxylic acids is 1. The van der Waals surface area contributed by atoms with Gasteiger partial charge in [-0.15, -0.1) is 0 Å². The Kier molecular flexibility index (Phi) is 5.37. The molecule has 0 aliphatic carbocycles. The second kappa shape index (κ2) is 8.30. The van der Waals surface area contributed by atoms with Gasteiger partial charge in [-0.2, -0.15) is 5.10 Å². The van der Waals surface area contributed by atoms with Crippen LogP contribution >= 0.6 is 0 Å². The topological polar surface area (TPSA) is 138 Å². The molecule has 3 heterocycles. The van der Waals surface area contributed by atoms with Crippen molar-refractivity contribution in [3.05, 3.63) is 81.6 Å². The average Bonchev–Trinajstić information content (AvgIpc) is 3.37. The second-order valence-corrected chi connectivity index (χ2v) is 6.90. The Hall–Kier alpha value is -4.54. The monoisotopic (exact) mass is 434 g/mol. The molecule has 3 aromatic heterocycles. The van der Waals surface area contributed by atoms with Crippen molar-refractivity contribution in [1.82, 2.24) is 19.7 Å². The fourth-order valence-electron chi connectivity index (χ4n) is 2.91. The molecule has 0 unspecified atom stereocenters. The van der Waals surface area contributed by atoms with E-state index in [0.717, 1.165) is 23.0 Å². The van der Waals surface area contributed by atoms with E-state index in [-0.39, 0.29) is 5.76 Å². The molecule has 32 heavy (non-hydrogen) atoms. The van der Waals surface area contributed by atoms with Crippen molar-refractivity contribution in [2.45, 2.75) is 20.8 Å². The lowest BCUT2D eigenvalue weighted by Gasteiger charge is -2.08. The van der Waals surface area contributed by atoms with E-state index in [1.54, 1.807) is 35.0 Å². The average molecular weight is 434 g/mol. The van der Waals surface area contributed by atoms with Gasteiger partial charge in [-0.05, 0) is 56.7 Å². The molecular weight excluding hydrogens is 416 g/mol. The first kappa shape index (κ1) is 20.7. The third kappa shape index (κ3) is 4.17. The molecule has 1 aromatic carbocycles. The van der Waals surface area contributed by atoms with Crippen LogP contribution in [0, 0.1) is 30.9 Å². The lowest BCUT2D eigenvalue weighted by molar-refractivity contribution is -0.402.